The van der Waals surface area contributed by atoms with Crippen molar-refractivity contribution in [2.45, 2.75) is 20.4 Å². The van der Waals surface area contributed by atoms with Crippen molar-refractivity contribution in [3.8, 4) is 5.69 Å². The molecule has 6 heteroatoms. The Balaban J connectivity index is 1.90. The number of carbonyl (C=O) groups excluding carboxylic acids is 1. The van der Waals surface area contributed by atoms with Crippen LogP contribution in [-0.4, -0.2) is 27.6 Å². The molecule has 0 radical (unpaired) electrons. The summed E-state index contributed by atoms with van der Waals surface area (Å²) in [5.41, 5.74) is 3.71. The smallest absolute Gasteiger partial charge is 0.257 e. The highest BCUT2D eigenvalue weighted by atomic mass is 79.9. The summed E-state index contributed by atoms with van der Waals surface area (Å²) >= 11 is 3.51. The van der Waals surface area contributed by atoms with E-state index in [1.54, 1.807) is 28.8 Å². The lowest BCUT2D eigenvalue weighted by Crippen LogP contribution is -2.27. The summed E-state index contributed by atoms with van der Waals surface area (Å²) in [5, 5.41) is 4.48. The number of amides is 1. The lowest BCUT2D eigenvalue weighted by molar-refractivity contribution is 0.0783. The molecule has 0 aliphatic rings. The van der Waals surface area contributed by atoms with E-state index in [1.807, 2.05) is 38.1 Å². The Hall–Kier alpha value is -2.47. The number of halogens is 2. The zero-order valence-electron chi connectivity index (χ0n) is 14.8. The number of hydrogen-bond donors (Lipinski definition) is 0. The highest BCUT2D eigenvalue weighted by Crippen LogP contribution is 2.22. The second-order valence-corrected chi connectivity index (χ2v) is 7.04. The molecular formula is C20H19BrFN3O. The SMILES string of the molecule is Cc1nn(-c2ccc(F)cc2)c(C)c1C(=O)N(C)Cc1ccccc1Br. The van der Waals surface area contributed by atoms with Crippen LogP contribution in [-0.2, 0) is 6.54 Å². The van der Waals surface area contributed by atoms with Crippen molar-refractivity contribution in [2.24, 2.45) is 0 Å². The first-order valence-corrected chi connectivity index (χ1v) is 8.99. The van der Waals surface area contributed by atoms with E-state index in [1.165, 1.54) is 12.1 Å². The van der Waals surface area contributed by atoms with Crippen LogP contribution in [0.15, 0.2) is 53.0 Å². The molecule has 0 atom stereocenters. The second kappa shape index (κ2) is 7.41. The van der Waals surface area contributed by atoms with Crippen molar-refractivity contribution < 1.29 is 9.18 Å². The van der Waals surface area contributed by atoms with Crippen LogP contribution < -0.4 is 0 Å². The minimum absolute atomic E-state index is 0.0934. The molecule has 0 unspecified atom stereocenters. The van der Waals surface area contributed by atoms with E-state index in [-0.39, 0.29) is 11.7 Å². The Morgan fingerprint density at radius 2 is 1.81 bits per heavy atom. The van der Waals surface area contributed by atoms with Gasteiger partial charge in [-0.3, -0.25) is 4.79 Å². The van der Waals surface area contributed by atoms with Crippen LogP contribution in [0.3, 0.4) is 0 Å². The molecule has 0 spiro atoms. The van der Waals surface area contributed by atoms with Gasteiger partial charge in [0.2, 0.25) is 0 Å². The molecule has 0 bridgehead atoms. The Morgan fingerprint density at radius 1 is 1.15 bits per heavy atom. The van der Waals surface area contributed by atoms with Crippen molar-refractivity contribution >= 4 is 21.8 Å². The van der Waals surface area contributed by atoms with Gasteiger partial charge in [-0.2, -0.15) is 5.10 Å². The van der Waals surface area contributed by atoms with Crippen molar-refractivity contribution in [1.82, 2.24) is 14.7 Å². The molecule has 3 aromatic rings. The molecule has 0 fully saturated rings. The monoisotopic (exact) mass is 415 g/mol. The van der Waals surface area contributed by atoms with Gasteiger partial charge in [-0.15, -0.1) is 0 Å². The fraction of sp³-hybridized carbons (Fsp3) is 0.200. The fourth-order valence-electron chi connectivity index (χ4n) is 2.93. The van der Waals surface area contributed by atoms with Gasteiger partial charge in [0.15, 0.2) is 0 Å². The molecule has 2 aromatic carbocycles. The van der Waals surface area contributed by atoms with Gasteiger partial charge >= 0.3 is 0 Å². The summed E-state index contributed by atoms with van der Waals surface area (Å²) in [6.45, 7) is 4.15. The zero-order chi connectivity index (χ0) is 18.8. The first-order chi connectivity index (χ1) is 12.4. The Morgan fingerprint density at radius 3 is 2.46 bits per heavy atom. The third-order valence-corrected chi connectivity index (χ3v) is 5.06. The second-order valence-electron chi connectivity index (χ2n) is 6.19. The quantitative estimate of drug-likeness (QED) is 0.621. The van der Waals surface area contributed by atoms with Crippen LogP contribution in [0.25, 0.3) is 5.69 Å². The number of hydrogen-bond acceptors (Lipinski definition) is 2. The lowest BCUT2D eigenvalue weighted by atomic mass is 10.1. The molecule has 1 aromatic heterocycles. The van der Waals surface area contributed by atoms with Crippen LogP contribution in [0.5, 0.6) is 0 Å². The van der Waals surface area contributed by atoms with E-state index in [9.17, 15) is 9.18 Å². The predicted molar refractivity (Wildman–Crippen MR) is 103 cm³/mol. The van der Waals surface area contributed by atoms with Crippen molar-refractivity contribution in [1.29, 1.82) is 0 Å². The summed E-state index contributed by atoms with van der Waals surface area (Å²) in [4.78, 5) is 14.7. The number of carbonyl (C=O) groups is 1. The first kappa shape index (κ1) is 18.3. The van der Waals surface area contributed by atoms with E-state index in [2.05, 4.69) is 21.0 Å². The molecular weight excluding hydrogens is 397 g/mol. The standard InChI is InChI=1S/C20H19BrFN3O/c1-13-19(14(2)25(23-13)17-10-8-16(22)9-11-17)20(26)24(3)12-15-6-4-5-7-18(15)21/h4-11H,12H2,1-3H3. The summed E-state index contributed by atoms with van der Waals surface area (Å²) in [5.74, 6) is -0.399. The van der Waals surface area contributed by atoms with Gasteiger partial charge in [0.1, 0.15) is 5.82 Å². The van der Waals surface area contributed by atoms with Crippen molar-refractivity contribution in [3.05, 3.63) is 81.3 Å². The van der Waals surface area contributed by atoms with Crippen LogP contribution in [0, 0.1) is 19.7 Å². The van der Waals surface area contributed by atoms with Gasteiger partial charge in [0.25, 0.3) is 5.91 Å². The first-order valence-electron chi connectivity index (χ1n) is 8.19. The molecule has 0 saturated heterocycles. The van der Waals surface area contributed by atoms with E-state index in [0.29, 0.717) is 17.8 Å². The average Bonchev–Trinajstić information content (AvgIpc) is 2.91. The molecule has 0 N–H and O–H groups in total. The topological polar surface area (TPSA) is 38.1 Å². The summed E-state index contributed by atoms with van der Waals surface area (Å²) in [7, 11) is 1.77. The molecule has 0 aliphatic carbocycles. The number of benzene rings is 2. The third kappa shape index (κ3) is 3.55. The maximum absolute atomic E-state index is 13.2. The van der Waals surface area contributed by atoms with E-state index < -0.39 is 0 Å². The molecule has 1 heterocycles. The van der Waals surface area contributed by atoms with Crippen molar-refractivity contribution in [2.75, 3.05) is 7.05 Å². The van der Waals surface area contributed by atoms with E-state index in [4.69, 9.17) is 0 Å². The van der Waals surface area contributed by atoms with Crippen LogP contribution >= 0.6 is 15.9 Å². The van der Waals surface area contributed by atoms with Crippen LogP contribution in [0.4, 0.5) is 4.39 Å². The molecule has 3 rings (SSSR count). The summed E-state index contributed by atoms with van der Waals surface area (Å²) < 4.78 is 15.8. The van der Waals surface area contributed by atoms with Gasteiger partial charge in [-0.05, 0) is 49.7 Å². The van der Waals surface area contributed by atoms with Gasteiger partial charge in [-0.1, -0.05) is 34.1 Å². The van der Waals surface area contributed by atoms with Gasteiger partial charge in [-0.25, -0.2) is 9.07 Å². The summed E-state index contributed by atoms with van der Waals surface area (Å²) in [6, 6.07) is 13.9. The lowest BCUT2D eigenvalue weighted by Gasteiger charge is -2.18. The van der Waals surface area contributed by atoms with Gasteiger partial charge < -0.3 is 4.90 Å². The highest BCUT2D eigenvalue weighted by molar-refractivity contribution is 9.10. The number of nitrogens with zero attached hydrogens (tertiary/aromatic N) is 3. The highest BCUT2D eigenvalue weighted by Gasteiger charge is 2.22. The Labute approximate surface area is 160 Å². The maximum atomic E-state index is 13.2. The normalized spacial score (nSPS) is 10.8. The average molecular weight is 416 g/mol. The van der Waals surface area contributed by atoms with Crippen molar-refractivity contribution in [3.63, 3.8) is 0 Å². The Bertz CT molecular complexity index is 950. The van der Waals surface area contributed by atoms with Crippen LogP contribution in [0.2, 0.25) is 0 Å². The minimum atomic E-state index is -0.306. The largest absolute Gasteiger partial charge is 0.337 e. The molecule has 0 aliphatic heterocycles. The van der Waals surface area contributed by atoms with E-state index in [0.717, 1.165) is 21.4 Å². The third-order valence-electron chi connectivity index (χ3n) is 4.29. The number of aryl methyl sites for hydroxylation is 1. The molecule has 134 valence electrons. The zero-order valence-corrected chi connectivity index (χ0v) is 16.4. The number of aromatic nitrogens is 2. The predicted octanol–water partition coefficient (Wildman–Crippen LogP) is 4.66. The minimum Gasteiger partial charge on any atom is -0.337 e. The Kier molecular flexibility index (Phi) is 5.23. The molecule has 1 amide bonds. The molecule has 0 saturated carbocycles. The van der Waals surface area contributed by atoms with Crippen LogP contribution in [0.1, 0.15) is 27.3 Å². The van der Waals surface area contributed by atoms with Gasteiger partial charge in [0, 0.05) is 18.1 Å². The fourth-order valence-corrected chi connectivity index (χ4v) is 3.34. The van der Waals surface area contributed by atoms with Gasteiger partial charge in [0.05, 0.1) is 22.6 Å². The maximum Gasteiger partial charge on any atom is 0.257 e. The molecule has 4 nitrogen and oxygen atoms in total. The number of rotatable bonds is 4. The van der Waals surface area contributed by atoms with E-state index >= 15 is 0 Å². The summed E-state index contributed by atoms with van der Waals surface area (Å²) in [6.07, 6.45) is 0. The molecule has 26 heavy (non-hydrogen) atoms.